The van der Waals surface area contributed by atoms with E-state index in [2.05, 4.69) is 29.2 Å². The number of hydrogen-bond donors (Lipinski definition) is 1. The van der Waals surface area contributed by atoms with Crippen LogP contribution in [-0.2, 0) is 16.1 Å². The Balaban J connectivity index is 0.00000169. The molecule has 2 heterocycles. The molecule has 1 aromatic carbocycles. The van der Waals surface area contributed by atoms with E-state index < -0.39 is 5.41 Å². The summed E-state index contributed by atoms with van der Waals surface area (Å²) in [6.45, 7) is 6.29. The van der Waals surface area contributed by atoms with Gasteiger partial charge in [0, 0.05) is 52.5 Å². The highest BCUT2D eigenvalue weighted by atomic mass is 35.5. The molecule has 26 heavy (non-hydrogen) atoms. The van der Waals surface area contributed by atoms with E-state index in [-0.39, 0.29) is 30.7 Å². The van der Waals surface area contributed by atoms with Crippen LogP contribution in [0, 0.1) is 5.41 Å². The van der Waals surface area contributed by atoms with Crippen molar-refractivity contribution in [2.75, 3.05) is 45.9 Å². The van der Waals surface area contributed by atoms with Crippen LogP contribution >= 0.6 is 24.8 Å². The number of nitrogens with zero attached hydrogens (tertiary/aromatic N) is 2. The van der Waals surface area contributed by atoms with Crippen LogP contribution in [0.25, 0.3) is 0 Å². The molecule has 0 saturated carbocycles. The molecule has 148 valence electrons. The van der Waals surface area contributed by atoms with Crippen LogP contribution in [-0.4, -0.2) is 61.6 Å². The van der Waals surface area contributed by atoms with Crippen LogP contribution in [0.4, 0.5) is 0 Å². The summed E-state index contributed by atoms with van der Waals surface area (Å²) in [6, 6.07) is 10.5. The van der Waals surface area contributed by atoms with E-state index in [0.717, 1.165) is 52.0 Å². The van der Waals surface area contributed by atoms with Gasteiger partial charge >= 0.3 is 0 Å². The summed E-state index contributed by atoms with van der Waals surface area (Å²) in [5, 5.41) is 0. The second-order valence-corrected chi connectivity index (χ2v) is 7.00. The SMILES string of the molecule is Cl.Cl.NCC1(C(=O)N2CCCN(Cc3ccccc3)CC2)CCOCC1. The highest BCUT2D eigenvalue weighted by Crippen LogP contribution is 2.32. The van der Waals surface area contributed by atoms with Gasteiger partial charge in [-0.15, -0.1) is 24.8 Å². The van der Waals surface area contributed by atoms with E-state index in [4.69, 9.17) is 10.5 Å². The number of ether oxygens (including phenoxy) is 1. The fourth-order valence-electron chi connectivity index (χ4n) is 3.78. The molecule has 7 heteroatoms. The maximum absolute atomic E-state index is 13.1. The molecular weight excluding hydrogens is 373 g/mol. The van der Waals surface area contributed by atoms with Gasteiger partial charge < -0.3 is 15.4 Å². The number of carbonyl (C=O) groups excluding carboxylic acids is 1. The third-order valence-electron chi connectivity index (χ3n) is 5.42. The molecule has 1 amide bonds. The van der Waals surface area contributed by atoms with Crippen molar-refractivity contribution >= 4 is 30.7 Å². The first kappa shape index (κ1) is 23.2. The molecule has 0 aliphatic carbocycles. The molecular formula is C19H31Cl2N3O2. The molecule has 1 aromatic rings. The Morgan fingerprint density at radius 3 is 2.38 bits per heavy atom. The number of rotatable bonds is 4. The lowest BCUT2D eigenvalue weighted by atomic mass is 9.79. The number of carbonyl (C=O) groups is 1. The Kier molecular flexibility index (Phi) is 9.90. The van der Waals surface area contributed by atoms with Gasteiger partial charge in [0.2, 0.25) is 5.91 Å². The lowest BCUT2D eigenvalue weighted by Crippen LogP contribution is -2.51. The highest BCUT2D eigenvalue weighted by Gasteiger charge is 2.41. The van der Waals surface area contributed by atoms with Crippen molar-refractivity contribution in [3.05, 3.63) is 35.9 Å². The molecule has 0 bridgehead atoms. The van der Waals surface area contributed by atoms with Crippen LogP contribution in [0.2, 0.25) is 0 Å². The van der Waals surface area contributed by atoms with Crippen molar-refractivity contribution < 1.29 is 9.53 Å². The molecule has 0 spiro atoms. The van der Waals surface area contributed by atoms with Gasteiger partial charge in [-0.1, -0.05) is 30.3 Å². The lowest BCUT2D eigenvalue weighted by molar-refractivity contribution is -0.147. The number of halogens is 2. The van der Waals surface area contributed by atoms with Crippen LogP contribution in [0.15, 0.2) is 30.3 Å². The quantitative estimate of drug-likeness (QED) is 0.837. The second-order valence-electron chi connectivity index (χ2n) is 7.00. The lowest BCUT2D eigenvalue weighted by Gasteiger charge is -2.38. The topological polar surface area (TPSA) is 58.8 Å². The van der Waals surface area contributed by atoms with Crippen LogP contribution in [0.3, 0.4) is 0 Å². The highest BCUT2D eigenvalue weighted by molar-refractivity contribution is 5.85. The maximum atomic E-state index is 13.1. The second kappa shape index (κ2) is 11.1. The fourth-order valence-corrected chi connectivity index (χ4v) is 3.78. The van der Waals surface area contributed by atoms with E-state index in [1.165, 1.54) is 5.56 Å². The molecule has 2 fully saturated rings. The van der Waals surface area contributed by atoms with E-state index >= 15 is 0 Å². The first-order chi connectivity index (χ1) is 11.7. The summed E-state index contributed by atoms with van der Waals surface area (Å²) in [5.74, 6) is 0.245. The van der Waals surface area contributed by atoms with E-state index in [1.54, 1.807) is 0 Å². The largest absolute Gasteiger partial charge is 0.381 e. The molecule has 0 unspecified atom stereocenters. The van der Waals surface area contributed by atoms with Gasteiger partial charge in [0.05, 0.1) is 5.41 Å². The molecule has 0 atom stereocenters. The minimum Gasteiger partial charge on any atom is -0.381 e. The van der Waals surface area contributed by atoms with Gasteiger partial charge in [-0.05, 0) is 24.8 Å². The molecule has 2 aliphatic rings. The normalized spacial score (nSPS) is 20.4. The van der Waals surface area contributed by atoms with Crippen LogP contribution in [0.1, 0.15) is 24.8 Å². The van der Waals surface area contributed by atoms with Crippen LogP contribution < -0.4 is 5.73 Å². The summed E-state index contributed by atoms with van der Waals surface area (Å²) < 4.78 is 5.44. The summed E-state index contributed by atoms with van der Waals surface area (Å²) in [4.78, 5) is 17.6. The van der Waals surface area contributed by atoms with Crippen molar-refractivity contribution in [1.29, 1.82) is 0 Å². The third-order valence-corrected chi connectivity index (χ3v) is 5.42. The Hall–Kier alpha value is -0.850. The smallest absolute Gasteiger partial charge is 0.230 e. The van der Waals surface area contributed by atoms with Gasteiger partial charge in [-0.25, -0.2) is 0 Å². The number of amides is 1. The van der Waals surface area contributed by atoms with Crippen molar-refractivity contribution in [3.8, 4) is 0 Å². The van der Waals surface area contributed by atoms with Crippen molar-refractivity contribution in [3.63, 3.8) is 0 Å². The zero-order valence-corrected chi connectivity index (χ0v) is 16.9. The Labute approximate surface area is 169 Å². The molecule has 0 radical (unpaired) electrons. The van der Waals surface area contributed by atoms with Crippen molar-refractivity contribution in [2.45, 2.75) is 25.8 Å². The molecule has 3 rings (SSSR count). The van der Waals surface area contributed by atoms with Crippen molar-refractivity contribution in [2.24, 2.45) is 11.1 Å². The molecule has 2 saturated heterocycles. The Morgan fingerprint density at radius 1 is 1.04 bits per heavy atom. The Morgan fingerprint density at radius 2 is 1.73 bits per heavy atom. The maximum Gasteiger partial charge on any atom is 0.230 e. The average molecular weight is 404 g/mol. The number of hydrogen-bond acceptors (Lipinski definition) is 4. The van der Waals surface area contributed by atoms with Gasteiger partial charge in [0.1, 0.15) is 0 Å². The minimum atomic E-state index is -0.396. The molecule has 0 aromatic heterocycles. The average Bonchev–Trinajstić information content (AvgIpc) is 2.88. The zero-order valence-electron chi connectivity index (χ0n) is 15.3. The van der Waals surface area contributed by atoms with Gasteiger partial charge in [-0.3, -0.25) is 9.69 Å². The predicted molar refractivity (Wildman–Crippen MR) is 109 cm³/mol. The minimum absolute atomic E-state index is 0. The van der Waals surface area contributed by atoms with Crippen molar-refractivity contribution in [1.82, 2.24) is 9.80 Å². The first-order valence-electron chi connectivity index (χ1n) is 9.07. The predicted octanol–water partition coefficient (Wildman–Crippen LogP) is 2.32. The number of nitrogens with two attached hydrogens (primary N) is 1. The molecule has 5 nitrogen and oxygen atoms in total. The molecule has 2 N–H and O–H groups in total. The van der Waals surface area contributed by atoms with Gasteiger partial charge in [0.15, 0.2) is 0 Å². The number of benzene rings is 1. The molecule has 2 aliphatic heterocycles. The monoisotopic (exact) mass is 403 g/mol. The summed E-state index contributed by atoms with van der Waals surface area (Å²) in [7, 11) is 0. The summed E-state index contributed by atoms with van der Waals surface area (Å²) in [6.07, 6.45) is 2.54. The zero-order chi connectivity index (χ0) is 16.8. The van der Waals surface area contributed by atoms with Gasteiger partial charge in [0.25, 0.3) is 0 Å². The van der Waals surface area contributed by atoms with E-state index in [1.807, 2.05) is 11.0 Å². The summed E-state index contributed by atoms with van der Waals surface area (Å²) >= 11 is 0. The van der Waals surface area contributed by atoms with E-state index in [0.29, 0.717) is 19.8 Å². The first-order valence-corrected chi connectivity index (χ1v) is 9.07. The van der Waals surface area contributed by atoms with E-state index in [9.17, 15) is 4.79 Å². The van der Waals surface area contributed by atoms with Gasteiger partial charge in [-0.2, -0.15) is 0 Å². The Bertz CT molecular complexity index is 539. The fraction of sp³-hybridized carbons (Fsp3) is 0.632. The standard InChI is InChI=1S/C19H29N3O2.2ClH/c20-16-19(7-13-24-14-8-19)18(23)22-10-4-9-21(11-12-22)15-17-5-2-1-3-6-17;;/h1-3,5-6H,4,7-16,20H2;2*1H. The summed E-state index contributed by atoms with van der Waals surface area (Å²) in [5.41, 5.74) is 6.94. The third kappa shape index (κ3) is 5.57. The van der Waals surface area contributed by atoms with Crippen LogP contribution in [0.5, 0.6) is 0 Å².